The van der Waals surface area contributed by atoms with Gasteiger partial charge in [0.25, 0.3) is 0 Å². The summed E-state index contributed by atoms with van der Waals surface area (Å²) in [4.78, 5) is 24.7. The standard InChI is InChI=1S/C30H31FO5/c1-4-5-9-18-35-29(32)17-13-22-12-16-27(28(19-22)34-3)36-30(33)21(2)24-14-15-25(26(31)20-24)23-10-7-6-8-11-23/h6-8,10-17,19-21H,4-5,9,18H2,1-3H3/b17-13+. The summed E-state index contributed by atoms with van der Waals surface area (Å²) in [6.07, 6.45) is 5.87. The number of esters is 2. The number of carbonyl (C=O) groups is 2. The number of hydrogen-bond donors (Lipinski definition) is 0. The van der Waals surface area contributed by atoms with Gasteiger partial charge < -0.3 is 14.2 Å². The molecule has 3 aromatic carbocycles. The lowest BCUT2D eigenvalue weighted by molar-refractivity contribution is -0.138. The van der Waals surface area contributed by atoms with Crippen LogP contribution in [0.1, 0.15) is 50.2 Å². The van der Waals surface area contributed by atoms with Gasteiger partial charge in [-0.3, -0.25) is 4.79 Å². The summed E-state index contributed by atoms with van der Waals surface area (Å²) in [6, 6.07) is 18.9. The number of halogens is 1. The minimum atomic E-state index is -0.698. The summed E-state index contributed by atoms with van der Waals surface area (Å²) in [5.41, 5.74) is 2.42. The molecule has 5 nitrogen and oxygen atoms in total. The molecular formula is C30H31FO5. The molecule has 3 aromatic rings. The molecule has 1 atom stereocenters. The van der Waals surface area contributed by atoms with E-state index in [1.165, 1.54) is 19.3 Å². The van der Waals surface area contributed by atoms with Crippen LogP contribution in [0, 0.1) is 5.82 Å². The first-order chi connectivity index (χ1) is 17.4. The lowest BCUT2D eigenvalue weighted by atomic mass is 9.97. The normalized spacial score (nSPS) is 11.8. The van der Waals surface area contributed by atoms with Crippen molar-refractivity contribution in [1.82, 2.24) is 0 Å². The highest BCUT2D eigenvalue weighted by Crippen LogP contribution is 2.31. The molecule has 0 saturated heterocycles. The average molecular weight is 491 g/mol. The molecule has 0 saturated carbocycles. The Balaban J connectivity index is 1.66. The number of hydrogen-bond acceptors (Lipinski definition) is 5. The summed E-state index contributed by atoms with van der Waals surface area (Å²) >= 11 is 0. The first-order valence-electron chi connectivity index (χ1n) is 12.0. The Hall–Kier alpha value is -3.93. The van der Waals surface area contributed by atoms with E-state index >= 15 is 0 Å². The molecule has 36 heavy (non-hydrogen) atoms. The van der Waals surface area contributed by atoms with Crippen molar-refractivity contribution in [1.29, 1.82) is 0 Å². The van der Waals surface area contributed by atoms with E-state index in [1.807, 2.05) is 30.3 Å². The molecule has 1 unspecified atom stereocenters. The number of unbranched alkanes of at least 4 members (excludes halogenated alkanes) is 2. The highest BCUT2D eigenvalue weighted by atomic mass is 19.1. The zero-order valence-corrected chi connectivity index (χ0v) is 20.8. The molecule has 188 valence electrons. The van der Waals surface area contributed by atoms with Gasteiger partial charge in [-0.25, -0.2) is 9.18 Å². The van der Waals surface area contributed by atoms with Gasteiger partial charge in [-0.1, -0.05) is 68.3 Å². The predicted octanol–water partition coefficient (Wildman–Crippen LogP) is 6.96. The topological polar surface area (TPSA) is 61.8 Å². The monoisotopic (exact) mass is 490 g/mol. The number of carbonyl (C=O) groups excluding carboxylic acids is 2. The van der Waals surface area contributed by atoms with E-state index in [0.717, 1.165) is 24.8 Å². The average Bonchev–Trinajstić information content (AvgIpc) is 2.90. The van der Waals surface area contributed by atoms with Crippen molar-refractivity contribution < 1.29 is 28.2 Å². The lowest BCUT2D eigenvalue weighted by Gasteiger charge is -2.15. The van der Waals surface area contributed by atoms with E-state index in [1.54, 1.807) is 43.3 Å². The molecule has 0 aliphatic carbocycles. The van der Waals surface area contributed by atoms with E-state index in [2.05, 4.69) is 6.92 Å². The fraction of sp³-hybridized carbons (Fsp3) is 0.267. The molecular weight excluding hydrogens is 459 g/mol. The Morgan fingerprint density at radius 3 is 2.44 bits per heavy atom. The largest absolute Gasteiger partial charge is 0.493 e. The Labute approximate surface area is 211 Å². The second kappa shape index (κ2) is 13.2. The fourth-order valence-corrected chi connectivity index (χ4v) is 3.59. The molecule has 6 heteroatoms. The van der Waals surface area contributed by atoms with Crippen molar-refractivity contribution in [3.8, 4) is 22.6 Å². The minimum absolute atomic E-state index is 0.231. The summed E-state index contributed by atoms with van der Waals surface area (Å²) < 4.78 is 30.9. The SMILES string of the molecule is CCCCCOC(=O)/C=C/c1ccc(OC(=O)C(C)c2ccc(-c3ccccc3)c(F)c2)c(OC)c1. The third kappa shape index (κ3) is 7.28. The molecule has 0 spiro atoms. The second-order valence-corrected chi connectivity index (χ2v) is 8.37. The molecule has 0 N–H and O–H groups in total. The quantitative estimate of drug-likeness (QED) is 0.126. The van der Waals surface area contributed by atoms with Gasteiger partial charge in [-0.15, -0.1) is 0 Å². The summed E-state index contributed by atoms with van der Waals surface area (Å²) in [7, 11) is 1.46. The Kier molecular flexibility index (Phi) is 9.81. The van der Waals surface area contributed by atoms with Crippen molar-refractivity contribution in [2.75, 3.05) is 13.7 Å². The number of benzene rings is 3. The lowest BCUT2D eigenvalue weighted by Crippen LogP contribution is -2.17. The maximum Gasteiger partial charge on any atom is 0.330 e. The van der Waals surface area contributed by atoms with Crippen molar-refractivity contribution in [2.24, 2.45) is 0 Å². The van der Waals surface area contributed by atoms with Crippen molar-refractivity contribution in [2.45, 2.75) is 39.0 Å². The van der Waals surface area contributed by atoms with Crippen LogP contribution in [0.5, 0.6) is 11.5 Å². The molecule has 0 aliphatic rings. The van der Waals surface area contributed by atoms with Gasteiger partial charge in [0.15, 0.2) is 11.5 Å². The molecule has 3 rings (SSSR count). The van der Waals surface area contributed by atoms with E-state index in [4.69, 9.17) is 14.2 Å². The zero-order chi connectivity index (χ0) is 25.9. The van der Waals surface area contributed by atoms with Crippen LogP contribution < -0.4 is 9.47 Å². The van der Waals surface area contributed by atoms with E-state index in [-0.39, 0.29) is 5.75 Å². The van der Waals surface area contributed by atoms with Gasteiger partial charge in [-0.2, -0.15) is 0 Å². The van der Waals surface area contributed by atoms with E-state index < -0.39 is 23.7 Å². The van der Waals surface area contributed by atoms with Gasteiger partial charge in [0.2, 0.25) is 0 Å². The van der Waals surface area contributed by atoms with E-state index in [0.29, 0.717) is 29.0 Å². The maximum absolute atomic E-state index is 14.8. The summed E-state index contributed by atoms with van der Waals surface area (Å²) in [5.74, 6) is -1.50. The third-order valence-corrected chi connectivity index (χ3v) is 5.73. The Morgan fingerprint density at radius 2 is 1.75 bits per heavy atom. The number of ether oxygens (including phenoxy) is 3. The van der Waals surface area contributed by atoms with Crippen LogP contribution in [-0.2, 0) is 14.3 Å². The Morgan fingerprint density at radius 1 is 0.972 bits per heavy atom. The van der Waals surface area contributed by atoms with Crippen LogP contribution in [-0.4, -0.2) is 25.7 Å². The highest BCUT2D eigenvalue weighted by molar-refractivity contribution is 5.87. The van der Waals surface area contributed by atoms with Gasteiger partial charge >= 0.3 is 11.9 Å². The zero-order valence-electron chi connectivity index (χ0n) is 20.8. The van der Waals surface area contributed by atoms with Gasteiger partial charge in [0.1, 0.15) is 5.82 Å². The first kappa shape index (κ1) is 26.7. The maximum atomic E-state index is 14.8. The van der Waals surface area contributed by atoms with Gasteiger partial charge in [-0.05, 0) is 54.3 Å². The Bertz CT molecular complexity index is 1200. The smallest absolute Gasteiger partial charge is 0.330 e. The van der Waals surface area contributed by atoms with Crippen molar-refractivity contribution in [3.05, 3.63) is 89.8 Å². The van der Waals surface area contributed by atoms with Crippen LogP contribution >= 0.6 is 0 Å². The van der Waals surface area contributed by atoms with Crippen LogP contribution in [0.2, 0.25) is 0 Å². The predicted molar refractivity (Wildman–Crippen MR) is 138 cm³/mol. The molecule has 0 aromatic heterocycles. The molecule has 0 amide bonds. The fourth-order valence-electron chi connectivity index (χ4n) is 3.59. The first-order valence-corrected chi connectivity index (χ1v) is 12.0. The molecule has 0 fully saturated rings. The van der Waals surface area contributed by atoms with Crippen LogP contribution in [0.3, 0.4) is 0 Å². The number of rotatable bonds is 11. The summed E-state index contributed by atoms with van der Waals surface area (Å²) in [5, 5.41) is 0. The van der Waals surface area contributed by atoms with Gasteiger partial charge in [0, 0.05) is 11.6 Å². The second-order valence-electron chi connectivity index (χ2n) is 8.37. The molecule has 0 bridgehead atoms. The van der Waals surface area contributed by atoms with Crippen LogP contribution in [0.25, 0.3) is 17.2 Å². The number of methoxy groups -OCH3 is 1. The van der Waals surface area contributed by atoms with E-state index in [9.17, 15) is 14.0 Å². The highest BCUT2D eigenvalue weighted by Gasteiger charge is 2.21. The van der Waals surface area contributed by atoms with Crippen molar-refractivity contribution >= 4 is 18.0 Å². The van der Waals surface area contributed by atoms with Crippen LogP contribution in [0.15, 0.2) is 72.8 Å². The van der Waals surface area contributed by atoms with Crippen molar-refractivity contribution in [3.63, 3.8) is 0 Å². The van der Waals surface area contributed by atoms with Crippen LogP contribution in [0.4, 0.5) is 4.39 Å². The molecule has 0 heterocycles. The third-order valence-electron chi connectivity index (χ3n) is 5.73. The molecule has 0 aliphatic heterocycles. The molecule has 0 radical (unpaired) electrons. The minimum Gasteiger partial charge on any atom is -0.493 e. The summed E-state index contributed by atoms with van der Waals surface area (Å²) in [6.45, 7) is 4.14. The van der Waals surface area contributed by atoms with Gasteiger partial charge in [0.05, 0.1) is 19.6 Å².